The summed E-state index contributed by atoms with van der Waals surface area (Å²) >= 11 is 7.42. The largest absolute Gasteiger partial charge is 0.492 e. The Hall–Kier alpha value is -1.16. The minimum Gasteiger partial charge on any atom is -0.492 e. The number of ether oxygens (including phenoxy) is 1. The van der Waals surface area contributed by atoms with Gasteiger partial charge in [0.1, 0.15) is 12.4 Å². The predicted molar refractivity (Wildman–Crippen MR) is 80.1 cm³/mol. The molecule has 4 heteroatoms. The maximum absolute atomic E-state index is 9.39. The van der Waals surface area contributed by atoms with E-state index in [9.17, 15) is 5.11 Å². The molecule has 1 N–H and O–H groups in total. The standard InChI is InChI=1S/C15H15ClO2S/c16-12-6-8-13(9-7-12)18-11-15(10-17)19-14-4-2-1-3-5-14/h1-9,15,17H,10-11H2. The van der Waals surface area contributed by atoms with E-state index < -0.39 is 0 Å². The van der Waals surface area contributed by atoms with Crippen molar-refractivity contribution < 1.29 is 9.84 Å². The molecule has 19 heavy (non-hydrogen) atoms. The molecule has 2 rings (SSSR count). The smallest absolute Gasteiger partial charge is 0.119 e. The van der Waals surface area contributed by atoms with Crippen LogP contribution in [0.5, 0.6) is 5.75 Å². The molecule has 0 saturated heterocycles. The van der Waals surface area contributed by atoms with E-state index in [0.717, 1.165) is 10.6 Å². The summed E-state index contributed by atoms with van der Waals surface area (Å²) in [5, 5.41) is 10.1. The van der Waals surface area contributed by atoms with Gasteiger partial charge >= 0.3 is 0 Å². The molecule has 0 radical (unpaired) electrons. The normalized spacial score (nSPS) is 12.1. The van der Waals surface area contributed by atoms with Crippen LogP contribution in [-0.4, -0.2) is 23.6 Å². The molecule has 0 aliphatic carbocycles. The molecule has 0 spiro atoms. The summed E-state index contributed by atoms with van der Waals surface area (Å²) in [6.07, 6.45) is 0. The number of thioether (sulfide) groups is 1. The molecule has 0 aromatic heterocycles. The van der Waals surface area contributed by atoms with Crippen LogP contribution < -0.4 is 4.74 Å². The van der Waals surface area contributed by atoms with Gasteiger partial charge in [-0.25, -0.2) is 0 Å². The first kappa shape index (κ1) is 14.3. The maximum atomic E-state index is 9.39. The zero-order valence-electron chi connectivity index (χ0n) is 10.3. The van der Waals surface area contributed by atoms with Gasteiger partial charge in [0.15, 0.2) is 0 Å². The van der Waals surface area contributed by atoms with Crippen molar-refractivity contribution in [2.75, 3.05) is 13.2 Å². The summed E-state index contributed by atoms with van der Waals surface area (Å²) in [6.45, 7) is 0.533. The van der Waals surface area contributed by atoms with Crippen LogP contribution in [0.1, 0.15) is 0 Å². The number of benzene rings is 2. The van der Waals surface area contributed by atoms with Gasteiger partial charge in [-0.2, -0.15) is 0 Å². The third-order valence-electron chi connectivity index (χ3n) is 2.50. The third kappa shape index (κ3) is 4.78. The Morgan fingerprint density at radius 2 is 1.74 bits per heavy atom. The van der Waals surface area contributed by atoms with Crippen LogP contribution in [0, 0.1) is 0 Å². The fraction of sp³-hybridized carbons (Fsp3) is 0.200. The molecular formula is C15H15ClO2S. The summed E-state index contributed by atoms with van der Waals surface area (Å²) in [7, 11) is 0. The second-order valence-electron chi connectivity index (χ2n) is 4.00. The third-order valence-corrected chi connectivity index (χ3v) is 3.91. The van der Waals surface area contributed by atoms with E-state index in [0.29, 0.717) is 11.6 Å². The van der Waals surface area contributed by atoms with Crippen molar-refractivity contribution in [2.45, 2.75) is 10.1 Å². The van der Waals surface area contributed by atoms with E-state index in [1.807, 2.05) is 42.5 Å². The van der Waals surface area contributed by atoms with Crippen molar-refractivity contribution in [2.24, 2.45) is 0 Å². The minimum absolute atomic E-state index is 0.0121. The Morgan fingerprint density at radius 1 is 1.05 bits per heavy atom. The molecule has 0 aliphatic rings. The molecule has 0 saturated carbocycles. The quantitative estimate of drug-likeness (QED) is 0.820. The Labute approximate surface area is 122 Å². The van der Waals surface area contributed by atoms with Gasteiger partial charge in [0.25, 0.3) is 0 Å². The monoisotopic (exact) mass is 294 g/mol. The summed E-state index contributed by atoms with van der Waals surface area (Å²) in [5.74, 6) is 0.761. The number of hydrogen-bond acceptors (Lipinski definition) is 3. The zero-order chi connectivity index (χ0) is 13.5. The van der Waals surface area contributed by atoms with Crippen molar-refractivity contribution in [3.8, 4) is 5.75 Å². The van der Waals surface area contributed by atoms with Crippen LogP contribution in [0.2, 0.25) is 5.02 Å². The average Bonchev–Trinajstić information content (AvgIpc) is 2.46. The zero-order valence-corrected chi connectivity index (χ0v) is 11.9. The first-order valence-corrected chi connectivity index (χ1v) is 7.24. The van der Waals surface area contributed by atoms with E-state index in [1.54, 1.807) is 23.9 Å². The number of halogens is 1. The van der Waals surface area contributed by atoms with Crippen molar-refractivity contribution in [3.05, 3.63) is 59.6 Å². The first-order valence-electron chi connectivity index (χ1n) is 5.99. The molecule has 0 amide bonds. The lowest BCUT2D eigenvalue weighted by Crippen LogP contribution is -2.18. The molecule has 100 valence electrons. The van der Waals surface area contributed by atoms with Crippen molar-refractivity contribution >= 4 is 23.4 Å². The fourth-order valence-electron chi connectivity index (χ4n) is 1.54. The Kier molecular flexibility index (Phi) is 5.58. The van der Waals surface area contributed by atoms with Crippen LogP contribution >= 0.6 is 23.4 Å². The number of hydrogen-bond donors (Lipinski definition) is 1. The van der Waals surface area contributed by atoms with Gasteiger partial charge in [-0.05, 0) is 36.4 Å². The summed E-state index contributed by atoms with van der Waals surface area (Å²) in [6, 6.07) is 17.2. The van der Waals surface area contributed by atoms with Crippen molar-refractivity contribution in [1.29, 1.82) is 0 Å². The lowest BCUT2D eigenvalue weighted by Gasteiger charge is -2.15. The van der Waals surface area contributed by atoms with E-state index in [2.05, 4.69) is 0 Å². The second-order valence-corrected chi connectivity index (χ2v) is 5.81. The predicted octanol–water partition coefficient (Wildman–Crippen LogP) is 3.87. The van der Waals surface area contributed by atoms with Crippen LogP contribution in [0.3, 0.4) is 0 Å². The van der Waals surface area contributed by atoms with Gasteiger partial charge in [-0.15, -0.1) is 11.8 Å². The topological polar surface area (TPSA) is 29.5 Å². The highest BCUT2D eigenvalue weighted by Crippen LogP contribution is 2.24. The molecule has 0 heterocycles. The molecule has 1 atom stereocenters. The summed E-state index contributed by atoms with van der Waals surface area (Å²) in [4.78, 5) is 1.13. The Morgan fingerprint density at radius 3 is 2.37 bits per heavy atom. The van der Waals surface area contributed by atoms with Gasteiger partial charge in [0.05, 0.1) is 11.9 Å². The molecule has 2 nitrogen and oxygen atoms in total. The van der Waals surface area contributed by atoms with E-state index in [-0.39, 0.29) is 11.9 Å². The summed E-state index contributed by atoms with van der Waals surface area (Å²) in [5.41, 5.74) is 0. The van der Waals surface area contributed by atoms with Crippen molar-refractivity contribution in [1.82, 2.24) is 0 Å². The van der Waals surface area contributed by atoms with E-state index >= 15 is 0 Å². The van der Waals surface area contributed by atoms with Gasteiger partial charge in [-0.3, -0.25) is 0 Å². The molecule has 0 aliphatic heterocycles. The highest BCUT2D eigenvalue weighted by molar-refractivity contribution is 8.00. The van der Waals surface area contributed by atoms with Crippen LogP contribution in [0.25, 0.3) is 0 Å². The highest BCUT2D eigenvalue weighted by atomic mass is 35.5. The van der Waals surface area contributed by atoms with Crippen LogP contribution in [0.4, 0.5) is 0 Å². The van der Waals surface area contributed by atoms with Gasteiger partial charge < -0.3 is 9.84 Å². The summed E-state index contributed by atoms with van der Waals surface area (Å²) < 4.78 is 5.65. The van der Waals surface area contributed by atoms with Crippen LogP contribution in [0.15, 0.2) is 59.5 Å². The van der Waals surface area contributed by atoms with Gasteiger partial charge in [-0.1, -0.05) is 29.8 Å². The number of aliphatic hydroxyl groups is 1. The van der Waals surface area contributed by atoms with Crippen molar-refractivity contribution in [3.63, 3.8) is 0 Å². The second kappa shape index (κ2) is 7.43. The molecule has 0 fully saturated rings. The maximum Gasteiger partial charge on any atom is 0.119 e. The Balaban J connectivity index is 1.87. The Bertz CT molecular complexity index is 487. The highest BCUT2D eigenvalue weighted by Gasteiger charge is 2.10. The van der Waals surface area contributed by atoms with E-state index in [1.165, 1.54) is 0 Å². The SMILES string of the molecule is OCC(COc1ccc(Cl)cc1)Sc1ccccc1. The number of rotatable bonds is 6. The van der Waals surface area contributed by atoms with Gasteiger partial charge in [0, 0.05) is 9.92 Å². The molecule has 1 unspecified atom stereocenters. The lowest BCUT2D eigenvalue weighted by molar-refractivity contribution is 0.241. The molecule has 0 bridgehead atoms. The van der Waals surface area contributed by atoms with Crippen LogP contribution in [-0.2, 0) is 0 Å². The molecule has 2 aromatic rings. The fourth-order valence-corrected chi connectivity index (χ4v) is 2.57. The molecular weight excluding hydrogens is 280 g/mol. The first-order chi connectivity index (χ1) is 9.28. The minimum atomic E-state index is 0.0121. The van der Waals surface area contributed by atoms with E-state index in [4.69, 9.17) is 16.3 Å². The lowest BCUT2D eigenvalue weighted by atomic mass is 10.3. The number of aliphatic hydroxyl groups excluding tert-OH is 1. The van der Waals surface area contributed by atoms with Gasteiger partial charge in [0.2, 0.25) is 0 Å². The average molecular weight is 295 g/mol. The molecule has 2 aromatic carbocycles.